The molecule has 0 aromatic heterocycles. The predicted octanol–water partition coefficient (Wildman–Crippen LogP) is 4.70. The first kappa shape index (κ1) is 24.3. The molecule has 0 atom stereocenters. The lowest BCUT2D eigenvalue weighted by molar-refractivity contribution is -0.115. The van der Waals surface area contributed by atoms with Crippen LogP contribution in [0, 0.1) is 18.3 Å². The highest BCUT2D eigenvalue weighted by molar-refractivity contribution is 7.89. The van der Waals surface area contributed by atoms with Crippen LogP contribution in [0.1, 0.15) is 29.2 Å². The first-order chi connectivity index (χ1) is 15.6. The number of carbonyl (C=O) groups is 1. The average Bonchev–Trinajstić information content (AvgIpc) is 2.74. The fraction of sp³-hybridized carbons (Fsp3) is 0.167. The van der Waals surface area contributed by atoms with E-state index in [4.69, 9.17) is 26.7 Å². The van der Waals surface area contributed by atoms with Crippen LogP contribution in [0.15, 0.2) is 59.5 Å². The molecular formula is C24H22ClN3O4S. The van der Waals surface area contributed by atoms with Crippen molar-refractivity contribution in [3.8, 4) is 17.6 Å². The van der Waals surface area contributed by atoms with E-state index < -0.39 is 10.0 Å². The summed E-state index contributed by atoms with van der Waals surface area (Å²) in [5.74, 6) is 0.731. The molecule has 9 heteroatoms. The smallest absolute Gasteiger partial charge is 0.238 e. The van der Waals surface area contributed by atoms with E-state index in [0.29, 0.717) is 39.8 Å². The minimum atomic E-state index is -3.82. The summed E-state index contributed by atoms with van der Waals surface area (Å²) in [6.07, 6.45) is 0.790. The topological polar surface area (TPSA) is 122 Å². The third kappa shape index (κ3) is 6.33. The molecule has 3 N–H and O–H groups in total. The molecule has 0 saturated heterocycles. The summed E-state index contributed by atoms with van der Waals surface area (Å²) in [5, 5.41) is 17.5. The molecule has 0 unspecified atom stereocenters. The third-order valence-electron chi connectivity index (χ3n) is 4.91. The third-order valence-corrected chi connectivity index (χ3v) is 6.04. The molecule has 7 nitrogen and oxygen atoms in total. The minimum Gasteiger partial charge on any atom is -0.457 e. The summed E-state index contributed by atoms with van der Waals surface area (Å²) < 4.78 is 29.0. The van der Waals surface area contributed by atoms with Crippen molar-refractivity contribution in [3.63, 3.8) is 0 Å². The molecular weight excluding hydrogens is 462 g/mol. The average molecular weight is 484 g/mol. The molecule has 3 aromatic carbocycles. The number of anilines is 1. The number of nitrogens with two attached hydrogens (primary N) is 1. The Labute approximate surface area is 197 Å². The number of nitrogens with one attached hydrogen (secondary N) is 1. The summed E-state index contributed by atoms with van der Waals surface area (Å²) in [7, 11) is -3.82. The van der Waals surface area contributed by atoms with Crippen LogP contribution in [0.2, 0.25) is 5.02 Å². The van der Waals surface area contributed by atoms with Crippen molar-refractivity contribution in [1.82, 2.24) is 0 Å². The Hall–Kier alpha value is -3.38. The fourth-order valence-corrected chi connectivity index (χ4v) is 4.07. The largest absolute Gasteiger partial charge is 0.457 e. The van der Waals surface area contributed by atoms with E-state index in [0.717, 1.165) is 11.1 Å². The Morgan fingerprint density at radius 3 is 2.55 bits per heavy atom. The van der Waals surface area contributed by atoms with Gasteiger partial charge in [0, 0.05) is 10.7 Å². The van der Waals surface area contributed by atoms with E-state index in [9.17, 15) is 13.2 Å². The van der Waals surface area contributed by atoms with E-state index in [1.165, 1.54) is 18.2 Å². The Balaban J connectivity index is 1.79. The van der Waals surface area contributed by atoms with Crippen molar-refractivity contribution < 1.29 is 17.9 Å². The van der Waals surface area contributed by atoms with Gasteiger partial charge in [0.1, 0.15) is 11.5 Å². The predicted molar refractivity (Wildman–Crippen MR) is 127 cm³/mol. The zero-order valence-corrected chi connectivity index (χ0v) is 19.6. The monoisotopic (exact) mass is 483 g/mol. The summed E-state index contributed by atoms with van der Waals surface area (Å²) >= 11 is 6.07. The van der Waals surface area contributed by atoms with Gasteiger partial charge in [0.05, 0.1) is 22.9 Å². The first-order valence-electron chi connectivity index (χ1n) is 10.0. The fourth-order valence-electron chi connectivity index (χ4n) is 3.24. The molecule has 0 heterocycles. The summed E-state index contributed by atoms with van der Waals surface area (Å²) in [5.41, 5.74) is 3.12. The second-order valence-electron chi connectivity index (χ2n) is 7.43. The molecule has 0 fully saturated rings. The van der Waals surface area contributed by atoms with E-state index in [2.05, 4.69) is 5.32 Å². The lowest BCUT2D eigenvalue weighted by Crippen LogP contribution is -2.16. The quantitative estimate of drug-likeness (QED) is 0.504. The van der Waals surface area contributed by atoms with Crippen LogP contribution in [0.3, 0.4) is 0 Å². The summed E-state index contributed by atoms with van der Waals surface area (Å²) in [4.78, 5) is 12.6. The Kier molecular flexibility index (Phi) is 7.39. The van der Waals surface area contributed by atoms with E-state index in [-0.39, 0.29) is 17.2 Å². The normalized spacial score (nSPS) is 11.0. The number of halogens is 1. The van der Waals surface area contributed by atoms with Crippen LogP contribution < -0.4 is 15.2 Å². The Morgan fingerprint density at radius 2 is 1.91 bits per heavy atom. The molecule has 0 saturated carbocycles. The van der Waals surface area contributed by atoms with Crippen LogP contribution in [0.25, 0.3) is 0 Å². The molecule has 0 spiro atoms. The van der Waals surface area contributed by atoms with Gasteiger partial charge in [-0.3, -0.25) is 4.79 Å². The van der Waals surface area contributed by atoms with E-state index >= 15 is 0 Å². The van der Waals surface area contributed by atoms with Gasteiger partial charge >= 0.3 is 0 Å². The number of nitrogens with zero attached hydrogens (tertiary/aromatic N) is 1. The SMILES string of the molecule is CCc1ccc(CC(=O)Nc2ccc(S(N)(=O)=O)cc2C)cc1Oc1cc(Cl)cc(C#N)c1. The number of amides is 1. The summed E-state index contributed by atoms with van der Waals surface area (Å²) in [6, 6.07) is 16.6. The molecule has 33 heavy (non-hydrogen) atoms. The molecule has 170 valence electrons. The van der Waals surface area contributed by atoms with Gasteiger partial charge in [0.15, 0.2) is 0 Å². The molecule has 3 rings (SSSR count). The number of sulfonamides is 1. The zero-order valence-electron chi connectivity index (χ0n) is 18.1. The second kappa shape index (κ2) is 10.0. The number of hydrogen-bond donors (Lipinski definition) is 2. The van der Waals surface area contributed by atoms with Gasteiger partial charge in [-0.05, 0) is 72.5 Å². The number of primary sulfonamides is 1. The maximum absolute atomic E-state index is 12.6. The summed E-state index contributed by atoms with van der Waals surface area (Å²) in [6.45, 7) is 3.67. The highest BCUT2D eigenvalue weighted by atomic mass is 35.5. The number of benzene rings is 3. The van der Waals surface area contributed by atoms with E-state index in [1.807, 2.05) is 25.1 Å². The first-order valence-corrected chi connectivity index (χ1v) is 11.9. The number of hydrogen-bond acceptors (Lipinski definition) is 5. The van der Waals surface area contributed by atoms with Gasteiger partial charge in [0.2, 0.25) is 15.9 Å². The molecule has 0 bridgehead atoms. The molecule has 1 amide bonds. The van der Waals surface area contributed by atoms with Gasteiger partial charge in [-0.25, -0.2) is 13.6 Å². The maximum atomic E-state index is 12.6. The van der Waals surface area contributed by atoms with Crippen molar-refractivity contribution in [1.29, 1.82) is 5.26 Å². The van der Waals surface area contributed by atoms with Gasteiger partial charge in [-0.2, -0.15) is 5.26 Å². The van der Waals surface area contributed by atoms with Crippen molar-refractivity contribution in [3.05, 3.63) is 81.9 Å². The lowest BCUT2D eigenvalue weighted by atomic mass is 10.1. The van der Waals surface area contributed by atoms with Gasteiger partial charge in [0.25, 0.3) is 0 Å². The van der Waals surface area contributed by atoms with Crippen LogP contribution >= 0.6 is 11.6 Å². The van der Waals surface area contributed by atoms with Crippen molar-refractivity contribution in [2.75, 3.05) is 5.32 Å². The molecule has 0 aliphatic carbocycles. The number of ether oxygens (including phenoxy) is 1. The van der Waals surface area contributed by atoms with E-state index in [1.54, 1.807) is 31.2 Å². The zero-order chi connectivity index (χ0) is 24.2. The molecule has 0 radical (unpaired) electrons. The number of nitriles is 1. The van der Waals surface area contributed by atoms with Gasteiger partial charge < -0.3 is 10.1 Å². The number of aryl methyl sites for hydroxylation is 2. The molecule has 0 aliphatic heterocycles. The van der Waals surface area contributed by atoms with Crippen LogP contribution in [0.4, 0.5) is 5.69 Å². The molecule has 0 aliphatic rings. The second-order valence-corrected chi connectivity index (χ2v) is 9.43. The highest BCUT2D eigenvalue weighted by Crippen LogP contribution is 2.30. The van der Waals surface area contributed by atoms with Crippen LogP contribution in [0.5, 0.6) is 11.5 Å². The standard InChI is InChI=1S/C24H22ClN3O4S/c1-3-18-5-4-16(11-23(18)32-20-10-17(14-26)9-19(25)13-20)12-24(29)28-22-7-6-21(8-15(22)2)33(27,30)31/h4-11,13H,3,12H2,1-2H3,(H,28,29)(H2,27,30,31). The number of rotatable bonds is 7. The van der Waals surface area contributed by atoms with Crippen LogP contribution in [-0.2, 0) is 27.7 Å². The molecule has 3 aromatic rings. The van der Waals surface area contributed by atoms with Gasteiger partial charge in [-0.1, -0.05) is 30.7 Å². The van der Waals surface area contributed by atoms with Crippen molar-refractivity contribution >= 4 is 33.2 Å². The highest BCUT2D eigenvalue weighted by Gasteiger charge is 2.13. The lowest BCUT2D eigenvalue weighted by Gasteiger charge is -2.13. The van der Waals surface area contributed by atoms with Crippen molar-refractivity contribution in [2.45, 2.75) is 31.6 Å². The number of carbonyl (C=O) groups excluding carboxylic acids is 1. The Morgan fingerprint density at radius 1 is 1.15 bits per heavy atom. The van der Waals surface area contributed by atoms with Crippen LogP contribution in [-0.4, -0.2) is 14.3 Å². The van der Waals surface area contributed by atoms with Crippen molar-refractivity contribution in [2.24, 2.45) is 5.14 Å². The minimum absolute atomic E-state index is 0.0180. The Bertz CT molecular complexity index is 1360. The van der Waals surface area contributed by atoms with Gasteiger partial charge in [-0.15, -0.1) is 0 Å². The maximum Gasteiger partial charge on any atom is 0.238 e.